The Kier molecular flexibility index (Phi) is 5.26. The van der Waals surface area contributed by atoms with E-state index >= 15 is 0 Å². The van der Waals surface area contributed by atoms with Crippen LogP contribution in [0.4, 0.5) is 0 Å². The molecule has 0 unspecified atom stereocenters. The molecule has 2 aliphatic rings. The maximum Gasteiger partial charge on any atom is 0.239 e. The molecule has 0 bridgehead atoms. The molecule has 1 aliphatic carbocycles. The van der Waals surface area contributed by atoms with Crippen LogP contribution in [0.5, 0.6) is 0 Å². The zero-order valence-electron chi connectivity index (χ0n) is 11.3. The predicted octanol–water partition coefficient (Wildman–Crippen LogP) is 0.715. The number of sulfone groups is 1. The van der Waals surface area contributed by atoms with Gasteiger partial charge in [0.1, 0.15) is 0 Å². The van der Waals surface area contributed by atoms with E-state index < -0.39 is 20.6 Å². The van der Waals surface area contributed by atoms with Crippen molar-refractivity contribution >= 4 is 28.2 Å². The van der Waals surface area contributed by atoms with Crippen LogP contribution in [0.25, 0.3) is 0 Å². The first kappa shape index (κ1) is 16.7. The highest BCUT2D eigenvalue weighted by atomic mass is 35.5. The molecule has 5 nitrogen and oxygen atoms in total. The van der Waals surface area contributed by atoms with Gasteiger partial charge in [-0.3, -0.25) is 4.79 Å². The van der Waals surface area contributed by atoms with E-state index in [1.165, 1.54) is 0 Å². The van der Waals surface area contributed by atoms with Crippen LogP contribution in [0, 0.1) is 0 Å². The van der Waals surface area contributed by atoms with Gasteiger partial charge in [0.2, 0.25) is 5.91 Å². The SMILES string of the molecule is C[C@@H](N)C(=O)N1CCS(=O)(=O)C2(CCCCC2)C1.Cl. The summed E-state index contributed by atoms with van der Waals surface area (Å²) in [7, 11) is -3.07. The molecule has 1 aliphatic heterocycles. The second kappa shape index (κ2) is 5.97. The molecule has 1 saturated heterocycles. The van der Waals surface area contributed by atoms with Crippen LogP contribution in [-0.4, -0.2) is 48.9 Å². The number of carbonyl (C=O) groups excluding carboxylic acids is 1. The number of halogens is 1. The Morgan fingerprint density at radius 3 is 2.37 bits per heavy atom. The zero-order chi connectivity index (χ0) is 13.4. The fraction of sp³-hybridized carbons (Fsp3) is 0.917. The lowest BCUT2D eigenvalue weighted by molar-refractivity contribution is -0.132. The summed E-state index contributed by atoms with van der Waals surface area (Å²) in [6.45, 7) is 2.29. The Labute approximate surface area is 121 Å². The number of carbonyl (C=O) groups is 1. The smallest absolute Gasteiger partial charge is 0.239 e. The molecule has 1 heterocycles. The zero-order valence-corrected chi connectivity index (χ0v) is 12.9. The summed E-state index contributed by atoms with van der Waals surface area (Å²) >= 11 is 0. The highest BCUT2D eigenvalue weighted by molar-refractivity contribution is 7.92. The molecule has 1 saturated carbocycles. The van der Waals surface area contributed by atoms with E-state index in [2.05, 4.69) is 0 Å². The summed E-state index contributed by atoms with van der Waals surface area (Å²) in [5.74, 6) is -0.0410. The average molecular weight is 311 g/mol. The van der Waals surface area contributed by atoms with Crippen molar-refractivity contribution in [2.75, 3.05) is 18.8 Å². The monoisotopic (exact) mass is 310 g/mol. The van der Waals surface area contributed by atoms with Crippen LogP contribution in [0.3, 0.4) is 0 Å². The molecule has 0 aromatic rings. The van der Waals surface area contributed by atoms with Crippen molar-refractivity contribution in [2.24, 2.45) is 5.73 Å². The van der Waals surface area contributed by atoms with Gasteiger partial charge in [0.05, 0.1) is 16.5 Å². The number of rotatable bonds is 1. The van der Waals surface area contributed by atoms with Gasteiger partial charge in [-0.15, -0.1) is 12.4 Å². The minimum Gasteiger partial charge on any atom is -0.339 e. The molecule has 2 fully saturated rings. The lowest BCUT2D eigenvalue weighted by Gasteiger charge is -2.44. The van der Waals surface area contributed by atoms with Crippen LogP contribution in [0.15, 0.2) is 0 Å². The van der Waals surface area contributed by atoms with Gasteiger partial charge in [0, 0.05) is 13.1 Å². The molecule has 2 N–H and O–H groups in total. The number of hydrogen-bond acceptors (Lipinski definition) is 4. The van der Waals surface area contributed by atoms with Crippen molar-refractivity contribution < 1.29 is 13.2 Å². The van der Waals surface area contributed by atoms with E-state index in [-0.39, 0.29) is 24.1 Å². The molecule has 1 spiro atoms. The van der Waals surface area contributed by atoms with Crippen molar-refractivity contribution in [3.05, 3.63) is 0 Å². The Hall–Kier alpha value is -0.330. The Morgan fingerprint density at radius 1 is 1.26 bits per heavy atom. The first-order chi connectivity index (χ1) is 8.38. The summed E-state index contributed by atoms with van der Waals surface area (Å²) in [4.78, 5) is 13.6. The maximum absolute atomic E-state index is 12.3. The van der Waals surface area contributed by atoms with Crippen molar-refractivity contribution in [2.45, 2.75) is 49.8 Å². The van der Waals surface area contributed by atoms with Gasteiger partial charge < -0.3 is 10.6 Å². The second-order valence-electron chi connectivity index (χ2n) is 5.61. The standard InChI is InChI=1S/C12H22N2O3S.ClH/c1-10(13)11(15)14-7-8-18(16,17)12(9-14)5-3-2-4-6-12;/h10H,2-9,13H2,1H3;1H/t10-;/m1./s1. The van der Waals surface area contributed by atoms with E-state index in [9.17, 15) is 13.2 Å². The van der Waals surface area contributed by atoms with E-state index in [1.807, 2.05) is 0 Å². The van der Waals surface area contributed by atoms with Crippen molar-refractivity contribution in [3.63, 3.8) is 0 Å². The third-order valence-corrected chi connectivity index (χ3v) is 6.81. The van der Waals surface area contributed by atoms with Gasteiger partial charge in [-0.25, -0.2) is 8.42 Å². The molecule has 19 heavy (non-hydrogen) atoms. The lowest BCUT2D eigenvalue weighted by Crippen LogP contribution is -2.60. The summed E-state index contributed by atoms with van der Waals surface area (Å²) in [6, 6.07) is -0.550. The van der Waals surface area contributed by atoms with Crippen LogP contribution in [0.1, 0.15) is 39.0 Å². The fourth-order valence-corrected chi connectivity index (χ4v) is 5.27. The molecule has 0 radical (unpaired) electrons. The van der Waals surface area contributed by atoms with Gasteiger partial charge in [0.25, 0.3) is 0 Å². The number of nitrogens with two attached hydrogens (primary N) is 1. The lowest BCUT2D eigenvalue weighted by atomic mass is 9.87. The van der Waals surface area contributed by atoms with E-state index in [1.54, 1.807) is 11.8 Å². The van der Waals surface area contributed by atoms with E-state index in [4.69, 9.17) is 5.73 Å². The van der Waals surface area contributed by atoms with Crippen molar-refractivity contribution in [1.29, 1.82) is 0 Å². The van der Waals surface area contributed by atoms with E-state index in [0.717, 1.165) is 19.3 Å². The van der Waals surface area contributed by atoms with Gasteiger partial charge in [-0.05, 0) is 19.8 Å². The number of amides is 1. The van der Waals surface area contributed by atoms with Crippen molar-refractivity contribution in [1.82, 2.24) is 4.90 Å². The van der Waals surface area contributed by atoms with E-state index in [0.29, 0.717) is 25.9 Å². The first-order valence-electron chi connectivity index (χ1n) is 6.65. The van der Waals surface area contributed by atoms with Gasteiger partial charge in [-0.2, -0.15) is 0 Å². The molecule has 2 rings (SSSR count). The first-order valence-corrected chi connectivity index (χ1v) is 8.30. The minimum absolute atomic E-state index is 0. The quantitative estimate of drug-likeness (QED) is 0.773. The Bertz CT molecular complexity index is 430. The molecule has 1 atom stereocenters. The molecule has 112 valence electrons. The maximum atomic E-state index is 12.3. The summed E-state index contributed by atoms with van der Waals surface area (Å²) in [5.41, 5.74) is 5.61. The van der Waals surface area contributed by atoms with Crippen LogP contribution in [-0.2, 0) is 14.6 Å². The Morgan fingerprint density at radius 2 is 1.84 bits per heavy atom. The molecular weight excluding hydrogens is 288 g/mol. The third kappa shape index (κ3) is 3.06. The molecule has 1 amide bonds. The van der Waals surface area contributed by atoms with Gasteiger partial charge >= 0.3 is 0 Å². The highest BCUT2D eigenvalue weighted by Gasteiger charge is 2.49. The highest BCUT2D eigenvalue weighted by Crippen LogP contribution is 2.38. The summed E-state index contributed by atoms with van der Waals surface area (Å²) in [5, 5.41) is 0. The predicted molar refractivity (Wildman–Crippen MR) is 77.1 cm³/mol. The second-order valence-corrected chi connectivity index (χ2v) is 8.11. The fourth-order valence-electron chi connectivity index (χ4n) is 3.11. The summed E-state index contributed by atoms with van der Waals surface area (Å²) < 4.78 is 24.0. The van der Waals surface area contributed by atoms with Crippen LogP contribution in [0.2, 0.25) is 0 Å². The largest absolute Gasteiger partial charge is 0.339 e. The topological polar surface area (TPSA) is 80.5 Å². The van der Waals surface area contributed by atoms with Crippen LogP contribution < -0.4 is 5.73 Å². The van der Waals surface area contributed by atoms with Gasteiger partial charge in [-0.1, -0.05) is 19.3 Å². The minimum atomic E-state index is -3.07. The Balaban J connectivity index is 0.00000180. The normalized spacial score (nSPS) is 26.5. The third-order valence-electron chi connectivity index (χ3n) is 4.23. The van der Waals surface area contributed by atoms with Gasteiger partial charge in [0.15, 0.2) is 9.84 Å². The van der Waals surface area contributed by atoms with Crippen molar-refractivity contribution in [3.8, 4) is 0 Å². The summed E-state index contributed by atoms with van der Waals surface area (Å²) in [6.07, 6.45) is 4.37. The number of hydrogen-bond donors (Lipinski definition) is 1. The van der Waals surface area contributed by atoms with Crippen LogP contribution >= 0.6 is 12.4 Å². The molecule has 7 heteroatoms. The molecule has 0 aromatic carbocycles. The average Bonchev–Trinajstić information content (AvgIpc) is 2.33. The number of nitrogens with zero attached hydrogens (tertiary/aromatic N) is 1. The molecular formula is C12H23ClN2O3S. The molecule has 0 aromatic heterocycles.